The Morgan fingerprint density at radius 3 is 2.64 bits per heavy atom. The first-order chi connectivity index (χ1) is 10.4. The summed E-state index contributed by atoms with van der Waals surface area (Å²) in [7, 11) is 0. The minimum atomic E-state index is -4.33. The molecule has 6 heteroatoms. The average molecular weight is 322 g/mol. The molecule has 1 atom stereocenters. The van der Waals surface area contributed by atoms with Crippen molar-refractivity contribution >= 4 is 33.5 Å². The SMILES string of the molecule is O=c1oc2c(ccc3ccccc32)c2c1S[C@@H](C(F)(F)F)C2. The molecule has 0 amide bonds. The summed E-state index contributed by atoms with van der Waals surface area (Å²) >= 11 is 0.559. The molecule has 0 aliphatic carbocycles. The number of fused-ring (bicyclic) bond motifs is 5. The number of alkyl halides is 3. The smallest absolute Gasteiger partial charge is 0.401 e. The fourth-order valence-corrected chi connectivity index (χ4v) is 3.99. The third kappa shape index (κ3) is 1.94. The lowest BCUT2D eigenvalue weighted by Gasteiger charge is -2.12. The highest BCUT2D eigenvalue weighted by Gasteiger charge is 2.45. The molecule has 0 N–H and O–H groups in total. The molecular weight excluding hydrogens is 313 g/mol. The Morgan fingerprint density at radius 2 is 1.86 bits per heavy atom. The van der Waals surface area contributed by atoms with E-state index in [0.29, 0.717) is 28.3 Å². The lowest BCUT2D eigenvalue weighted by atomic mass is 10.0. The maximum absolute atomic E-state index is 13.0. The maximum Gasteiger partial charge on any atom is 0.401 e. The van der Waals surface area contributed by atoms with Crippen LogP contribution in [-0.2, 0) is 6.42 Å². The summed E-state index contributed by atoms with van der Waals surface area (Å²) < 4.78 is 44.2. The zero-order valence-electron chi connectivity index (χ0n) is 11.1. The van der Waals surface area contributed by atoms with Gasteiger partial charge in [-0.05, 0) is 17.4 Å². The fraction of sp³-hybridized carbons (Fsp3) is 0.188. The van der Waals surface area contributed by atoms with Gasteiger partial charge in [-0.15, -0.1) is 11.8 Å². The van der Waals surface area contributed by atoms with E-state index in [9.17, 15) is 18.0 Å². The molecule has 0 fully saturated rings. The number of rotatable bonds is 0. The molecule has 0 bridgehead atoms. The fourth-order valence-electron chi connectivity index (χ4n) is 2.85. The molecule has 0 saturated heterocycles. The van der Waals surface area contributed by atoms with E-state index in [4.69, 9.17) is 4.42 Å². The van der Waals surface area contributed by atoms with Crippen molar-refractivity contribution in [3.63, 3.8) is 0 Å². The molecule has 2 nitrogen and oxygen atoms in total. The molecule has 4 rings (SSSR count). The molecule has 0 unspecified atom stereocenters. The summed E-state index contributed by atoms with van der Waals surface area (Å²) in [4.78, 5) is 12.2. The molecule has 1 aliphatic heterocycles. The van der Waals surface area contributed by atoms with Crippen molar-refractivity contribution in [2.24, 2.45) is 0 Å². The number of halogens is 3. The van der Waals surface area contributed by atoms with Crippen LogP contribution in [0.2, 0.25) is 0 Å². The lowest BCUT2D eigenvalue weighted by molar-refractivity contribution is -0.127. The minimum absolute atomic E-state index is 0.0881. The third-order valence-corrected chi connectivity index (χ3v) is 5.24. The molecule has 2 heterocycles. The third-order valence-electron chi connectivity index (χ3n) is 3.87. The predicted octanol–water partition coefficient (Wildman–Crippen LogP) is 4.53. The Hall–Kier alpha value is -1.95. The van der Waals surface area contributed by atoms with E-state index in [1.54, 1.807) is 12.1 Å². The molecule has 22 heavy (non-hydrogen) atoms. The van der Waals surface area contributed by atoms with Crippen LogP contribution in [0.15, 0.2) is 50.5 Å². The van der Waals surface area contributed by atoms with Crippen LogP contribution in [0.5, 0.6) is 0 Å². The zero-order valence-corrected chi connectivity index (χ0v) is 11.9. The van der Waals surface area contributed by atoms with Crippen LogP contribution in [-0.4, -0.2) is 11.4 Å². The highest BCUT2D eigenvalue weighted by atomic mass is 32.2. The van der Waals surface area contributed by atoms with Gasteiger partial charge in [0.25, 0.3) is 0 Å². The van der Waals surface area contributed by atoms with Crippen molar-refractivity contribution in [2.75, 3.05) is 0 Å². The van der Waals surface area contributed by atoms with Crippen molar-refractivity contribution in [2.45, 2.75) is 22.7 Å². The Balaban J connectivity index is 2.03. The van der Waals surface area contributed by atoms with Gasteiger partial charge in [-0.2, -0.15) is 13.2 Å². The number of benzene rings is 2. The molecule has 1 aliphatic rings. The van der Waals surface area contributed by atoms with Crippen LogP contribution in [0, 0.1) is 0 Å². The molecule has 0 saturated carbocycles. The number of thioether (sulfide) groups is 1. The van der Waals surface area contributed by atoms with E-state index < -0.39 is 17.1 Å². The first-order valence-corrected chi connectivity index (χ1v) is 7.54. The number of hydrogen-bond donors (Lipinski definition) is 0. The van der Waals surface area contributed by atoms with Gasteiger partial charge in [0.1, 0.15) is 10.8 Å². The van der Waals surface area contributed by atoms with Gasteiger partial charge in [0.15, 0.2) is 0 Å². The molecule has 0 radical (unpaired) electrons. The molecule has 112 valence electrons. The minimum Gasteiger partial charge on any atom is -0.421 e. The van der Waals surface area contributed by atoms with Crippen LogP contribution in [0.25, 0.3) is 21.7 Å². The zero-order chi connectivity index (χ0) is 15.5. The van der Waals surface area contributed by atoms with Gasteiger partial charge in [0.2, 0.25) is 0 Å². The Kier molecular flexibility index (Phi) is 2.81. The normalized spacial score (nSPS) is 18.0. The van der Waals surface area contributed by atoms with Crippen LogP contribution in [0.1, 0.15) is 5.56 Å². The van der Waals surface area contributed by atoms with Gasteiger partial charge in [-0.1, -0.05) is 36.4 Å². The summed E-state index contributed by atoms with van der Waals surface area (Å²) in [6.45, 7) is 0. The van der Waals surface area contributed by atoms with Crippen LogP contribution < -0.4 is 5.63 Å². The van der Waals surface area contributed by atoms with Crippen LogP contribution in [0.4, 0.5) is 13.2 Å². The molecule has 2 aromatic carbocycles. The topological polar surface area (TPSA) is 30.2 Å². The van der Waals surface area contributed by atoms with Gasteiger partial charge < -0.3 is 4.42 Å². The van der Waals surface area contributed by atoms with Crippen molar-refractivity contribution in [3.05, 3.63) is 52.4 Å². The van der Waals surface area contributed by atoms with Crippen molar-refractivity contribution in [3.8, 4) is 0 Å². The molecule has 0 spiro atoms. The van der Waals surface area contributed by atoms with Crippen LogP contribution in [0.3, 0.4) is 0 Å². The van der Waals surface area contributed by atoms with Gasteiger partial charge in [0, 0.05) is 10.8 Å². The second-order valence-corrected chi connectivity index (χ2v) is 6.43. The standard InChI is InChI=1S/C16H9F3O2S/c17-16(18,19)12-7-11-10-6-5-8-3-1-2-4-9(8)13(10)21-15(20)14(11)22-12/h1-6,12H,7H2/t12-/m1/s1. The molecule has 1 aromatic heterocycles. The Bertz CT molecular complexity index is 959. The lowest BCUT2D eigenvalue weighted by Crippen LogP contribution is -2.24. The second-order valence-electron chi connectivity index (χ2n) is 5.21. The largest absolute Gasteiger partial charge is 0.421 e. The molecule has 3 aromatic rings. The highest BCUT2D eigenvalue weighted by molar-refractivity contribution is 8.00. The number of hydrogen-bond acceptors (Lipinski definition) is 3. The first kappa shape index (κ1) is 13.7. The summed E-state index contributed by atoms with van der Waals surface area (Å²) in [5, 5.41) is 0.631. The van der Waals surface area contributed by atoms with E-state index in [0.717, 1.165) is 10.8 Å². The molecular formula is C16H9F3O2S. The van der Waals surface area contributed by atoms with Crippen molar-refractivity contribution in [1.29, 1.82) is 0 Å². The first-order valence-electron chi connectivity index (χ1n) is 6.66. The Labute approximate surface area is 126 Å². The maximum atomic E-state index is 13.0. The van der Waals surface area contributed by atoms with Gasteiger partial charge >= 0.3 is 11.8 Å². The summed E-state index contributed by atoms with van der Waals surface area (Å²) in [6, 6.07) is 10.9. The van der Waals surface area contributed by atoms with E-state index in [1.807, 2.05) is 24.3 Å². The summed E-state index contributed by atoms with van der Waals surface area (Å²) in [6.07, 6.45) is -4.52. The highest BCUT2D eigenvalue weighted by Crippen LogP contribution is 2.45. The van der Waals surface area contributed by atoms with Gasteiger partial charge in [-0.3, -0.25) is 0 Å². The van der Waals surface area contributed by atoms with Crippen LogP contribution >= 0.6 is 11.8 Å². The Morgan fingerprint density at radius 1 is 1.09 bits per heavy atom. The van der Waals surface area contributed by atoms with Crippen molar-refractivity contribution < 1.29 is 17.6 Å². The second kappa shape index (κ2) is 4.52. The van der Waals surface area contributed by atoms with Gasteiger partial charge in [-0.25, -0.2) is 4.79 Å². The van der Waals surface area contributed by atoms with Crippen molar-refractivity contribution in [1.82, 2.24) is 0 Å². The van der Waals surface area contributed by atoms with Gasteiger partial charge in [0.05, 0.1) is 4.90 Å². The average Bonchev–Trinajstić information content (AvgIpc) is 2.93. The summed E-state index contributed by atoms with van der Waals surface area (Å²) in [5.41, 5.74) is 0.130. The monoisotopic (exact) mass is 322 g/mol. The predicted molar refractivity (Wildman–Crippen MR) is 79.4 cm³/mol. The van der Waals surface area contributed by atoms with E-state index in [-0.39, 0.29) is 11.3 Å². The van der Waals surface area contributed by atoms with E-state index in [2.05, 4.69) is 0 Å². The van der Waals surface area contributed by atoms with E-state index >= 15 is 0 Å². The summed E-state index contributed by atoms with van der Waals surface area (Å²) in [5.74, 6) is 0. The van der Waals surface area contributed by atoms with E-state index in [1.165, 1.54) is 0 Å². The quantitative estimate of drug-likeness (QED) is 0.450.